The molecule has 0 heterocycles. The SMILES string of the molecule is COC(=O)C#Cc1ccc(C(OC)=C2C3CC4CC2CC(Cl)(C4)C3)cc1C. The van der Waals surface area contributed by atoms with Crippen molar-refractivity contribution in [1.29, 1.82) is 0 Å². The third-order valence-corrected chi connectivity index (χ3v) is 6.90. The molecule has 4 bridgehead atoms. The van der Waals surface area contributed by atoms with Gasteiger partial charge in [-0.2, -0.15) is 0 Å². The van der Waals surface area contributed by atoms with Crippen LogP contribution in [0.5, 0.6) is 0 Å². The molecule has 0 saturated heterocycles. The van der Waals surface area contributed by atoms with Crippen molar-refractivity contribution in [2.75, 3.05) is 14.2 Å². The minimum Gasteiger partial charge on any atom is -0.496 e. The third-order valence-electron chi connectivity index (χ3n) is 6.43. The predicted molar refractivity (Wildman–Crippen MR) is 106 cm³/mol. The summed E-state index contributed by atoms with van der Waals surface area (Å²) in [6, 6.07) is 6.11. The van der Waals surface area contributed by atoms with E-state index < -0.39 is 5.97 Å². The normalized spacial score (nSPS) is 30.5. The van der Waals surface area contributed by atoms with E-state index in [0.717, 1.165) is 41.2 Å². The lowest BCUT2D eigenvalue weighted by Crippen LogP contribution is -2.48. The summed E-state index contributed by atoms with van der Waals surface area (Å²) in [4.78, 5) is 11.3. The van der Waals surface area contributed by atoms with Crippen molar-refractivity contribution in [1.82, 2.24) is 0 Å². The van der Waals surface area contributed by atoms with E-state index in [1.807, 2.05) is 19.1 Å². The molecule has 4 aliphatic rings. The Kier molecular flexibility index (Phi) is 4.72. The Bertz CT molecular complexity index is 855. The van der Waals surface area contributed by atoms with E-state index >= 15 is 0 Å². The van der Waals surface area contributed by atoms with Gasteiger partial charge in [-0.3, -0.25) is 0 Å². The first-order valence-corrected chi connectivity index (χ1v) is 9.98. The maximum Gasteiger partial charge on any atom is 0.384 e. The van der Waals surface area contributed by atoms with Crippen LogP contribution in [0, 0.1) is 36.5 Å². The first-order valence-electron chi connectivity index (χ1n) is 9.60. The van der Waals surface area contributed by atoms with Crippen LogP contribution in [-0.4, -0.2) is 25.1 Å². The zero-order chi connectivity index (χ0) is 19.2. The third kappa shape index (κ3) is 3.36. The van der Waals surface area contributed by atoms with Gasteiger partial charge in [0.05, 0.1) is 14.2 Å². The second-order valence-corrected chi connectivity index (χ2v) is 9.06. The van der Waals surface area contributed by atoms with Crippen molar-refractivity contribution in [2.45, 2.75) is 43.9 Å². The maximum atomic E-state index is 11.3. The summed E-state index contributed by atoms with van der Waals surface area (Å²) >= 11 is 6.89. The number of methoxy groups -OCH3 is 2. The molecule has 0 amide bonds. The van der Waals surface area contributed by atoms with Crippen molar-refractivity contribution in [3.63, 3.8) is 0 Å². The number of hydrogen-bond acceptors (Lipinski definition) is 3. The fourth-order valence-corrected chi connectivity index (χ4v) is 6.17. The number of alkyl halides is 1. The van der Waals surface area contributed by atoms with Gasteiger partial charge < -0.3 is 9.47 Å². The highest BCUT2D eigenvalue weighted by atomic mass is 35.5. The van der Waals surface area contributed by atoms with Gasteiger partial charge in [0.15, 0.2) is 0 Å². The zero-order valence-electron chi connectivity index (χ0n) is 16.1. The summed E-state index contributed by atoms with van der Waals surface area (Å²) in [5.41, 5.74) is 4.41. The average molecular weight is 385 g/mol. The van der Waals surface area contributed by atoms with Gasteiger partial charge in [0.1, 0.15) is 5.76 Å². The van der Waals surface area contributed by atoms with Gasteiger partial charge >= 0.3 is 5.97 Å². The number of hydrogen-bond donors (Lipinski definition) is 0. The van der Waals surface area contributed by atoms with Gasteiger partial charge in [0.2, 0.25) is 0 Å². The van der Waals surface area contributed by atoms with Gasteiger partial charge in [-0.1, -0.05) is 12.0 Å². The summed E-state index contributed by atoms with van der Waals surface area (Å²) in [6.07, 6.45) is 5.82. The lowest BCUT2D eigenvalue weighted by molar-refractivity contribution is -0.133. The number of rotatable bonds is 2. The molecule has 1 aromatic rings. The fraction of sp³-hybridized carbons (Fsp3) is 0.522. The van der Waals surface area contributed by atoms with Crippen molar-refractivity contribution in [3.8, 4) is 11.8 Å². The molecule has 2 atom stereocenters. The van der Waals surface area contributed by atoms with E-state index in [1.54, 1.807) is 7.11 Å². The molecule has 4 fully saturated rings. The largest absolute Gasteiger partial charge is 0.496 e. The van der Waals surface area contributed by atoms with Crippen LogP contribution in [0.3, 0.4) is 0 Å². The Balaban J connectivity index is 1.69. The van der Waals surface area contributed by atoms with E-state index in [1.165, 1.54) is 31.9 Å². The highest BCUT2D eigenvalue weighted by molar-refractivity contribution is 6.24. The van der Waals surface area contributed by atoms with Crippen LogP contribution in [0.1, 0.15) is 48.8 Å². The molecular weight excluding hydrogens is 360 g/mol. The Hall–Kier alpha value is -1.92. The van der Waals surface area contributed by atoms with Crippen LogP contribution < -0.4 is 0 Å². The van der Waals surface area contributed by atoms with E-state index in [2.05, 4.69) is 22.6 Å². The van der Waals surface area contributed by atoms with Crippen molar-refractivity contribution < 1.29 is 14.3 Å². The second kappa shape index (κ2) is 6.91. The molecule has 3 nitrogen and oxygen atoms in total. The zero-order valence-corrected chi connectivity index (χ0v) is 16.9. The fourth-order valence-electron chi connectivity index (χ4n) is 5.58. The molecule has 0 aromatic heterocycles. The predicted octanol–water partition coefficient (Wildman–Crippen LogP) is 4.69. The Labute approximate surface area is 166 Å². The van der Waals surface area contributed by atoms with E-state index in [9.17, 15) is 4.79 Å². The molecular formula is C23H25ClO3. The number of halogens is 1. The summed E-state index contributed by atoms with van der Waals surface area (Å²) in [5, 5.41) is 0. The summed E-state index contributed by atoms with van der Waals surface area (Å²) in [7, 11) is 3.10. The minimum absolute atomic E-state index is 0.0160. The molecule has 2 unspecified atom stereocenters. The summed E-state index contributed by atoms with van der Waals surface area (Å²) < 4.78 is 10.5. The van der Waals surface area contributed by atoms with Crippen LogP contribution in [0.2, 0.25) is 0 Å². The Morgan fingerprint density at radius 1 is 1.15 bits per heavy atom. The molecule has 5 rings (SSSR count). The molecule has 0 spiro atoms. The number of allylic oxidation sites excluding steroid dienone is 1. The van der Waals surface area contributed by atoms with Crippen LogP contribution in [0.4, 0.5) is 0 Å². The minimum atomic E-state index is -0.526. The van der Waals surface area contributed by atoms with Crippen LogP contribution in [0.15, 0.2) is 23.8 Å². The average Bonchev–Trinajstić information content (AvgIpc) is 2.62. The molecule has 0 N–H and O–H groups in total. The Morgan fingerprint density at radius 3 is 2.41 bits per heavy atom. The van der Waals surface area contributed by atoms with Crippen molar-refractivity contribution >= 4 is 23.3 Å². The summed E-state index contributed by atoms with van der Waals surface area (Å²) in [5.74, 6) is 7.73. The molecule has 0 aliphatic heterocycles. The van der Waals surface area contributed by atoms with E-state index in [-0.39, 0.29) is 4.87 Å². The van der Waals surface area contributed by atoms with E-state index in [4.69, 9.17) is 16.3 Å². The maximum absolute atomic E-state index is 11.3. The van der Waals surface area contributed by atoms with Gasteiger partial charge in [-0.25, -0.2) is 4.79 Å². The molecule has 0 radical (unpaired) electrons. The molecule has 4 saturated carbocycles. The lowest BCUT2D eigenvalue weighted by atomic mass is 9.53. The number of aryl methyl sites for hydroxylation is 1. The lowest BCUT2D eigenvalue weighted by Gasteiger charge is -2.55. The van der Waals surface area contributed by atoms with Gasteiger partial charge in [-0.15, -0.1) is 11.6 Å². The number of carbonyl (C=O) groups is 1. The van der Waals surface area contributed by atoms with Crippen molar-refractivity contribution in [3.05, 3.63) is 40.5 Å². The van der Waals surface area contributed by atoms with Crippen LogP contribution in [0.25, 0.3) is 5.76 Å². The highest BCUT2D eigenvalue weighted by Gasteiger charge is 2.53. The number of ether oxygens (including phenoxy) is 2. The van der Waals surface area contributed by atoms with Gasteiger partial charge in [0.25, 0.3) is 0 Å². The van der Waals surface area contributed by atoms with Gasteiger partial charge in [0, 0.05) is 21.9 Å². The number of carbonyl (C=O) groups excluding carboxylic acids is 1. The topological polar surface area (TPSA) is 35.5 Å². The first-order chi connectivity index (χ1) is 12.9. The molecule has 142 valence electrons. The Morgan fingerprint density at radius 2 is 1.85 bits per heavy atom. The van der Waals surface area contributed by atoms with Gasteiger partial charge in [-0.05, 0) is 80.1 Å². The van der Waals surface area contributed by atoms with E-state index in [0.29, 0.717) is 11.8 Å². The molecule has 4 aliphatic carbocycles. The number of esters is 1. The second-order valence-electron chi connectivity index (χ2n) is 8.25. The first kappa shape index (κ1) is 18.4. The smallest absolute Gasteiger partial charge is 0.384 e. The molecule has 4 heteroatoms. The molecule has 27 heavy (non-hydrogen) atoms. The number of benzene rings is 1. The summed E-state index contributed by atoms with van der Waals surface area (Å²) in [6.45, 7) is 2.01. The quantitative estimate of drug-likeness (QED) is 0.321. The standard InChI is InChI=1S/C23H25ClO3/c1-14-8-17(5-4-16(14)6-7-20(25)26-2)22(27-3)21-18-9-15-10-19(21)13-23(24,11-15)12-18/h4-5,8,15,18-19H,9-13H2,1-3H3. The molecule has 1 aromatic carbocycles. The van der Waals surface area contributed by atoms with Crippen LogP contribution >= 0.6 is 11.6 Å². The van der Waals surface area contributed by atoms with Crippen molar-refractivity contribution in [2.24, 2.45) is 17.8 Å². The van der Waals surface area contributed by atoms with Crippen LogP contribution in [-0.2, 0) is 14.3 Å². The highest BCUT2D eigenvalue weighted by Crippen LogP contribution is 2.61. The monoisotopic (exact) mass is 384 g/mol.